The van der Waals surface area contributed by atoms with Gasteiger partial charge in [-0.05, 0) is 85.5 Å². The molecule has 13 nitrogen and oxygen atoms in total. The Morgan fingerprint density at radius 3 is 2.35 bits per heavy atom. The van der Waals surface area contributed by atoms with Crippen molar-refractivity contribution >= 4 is 35.3 Å². The Balaban J connectivity index is 0.748. The third-order valence-electron chi connectivity index (χ3n) is 12.5. The molecule has 5 heterocycles. The number of nitrogens with one attached hydrogen (secondary N) is 3. The number of hydrogen-bond acceptors (Lipinski definition) is 11. The van der Waals surface area contributed by atoms with E-state index in [-0.39, 0.29) is 41.5 Å². The third kappa shape index (κ3) is 7.20. The predicted molar refractivity (Wildman–Crippen MR) is 212 cm³/mol. The van der Waals surface area contributed by atoms with Crippen LogP contribution in [0, 0.1) is 5.41 Å². The van der Waals surface area contributed by atoms with E-state index in [1.54, 1.807) is 18.2 Å². The Labute approximate surface area is 331 Å². The summed E-state index contributed by atoms with van der Waals surface area (Å²) >= 11 is 0. The van der Waals surface area contributed by atoms with Gasteiger partial charge in [0.1, 0.15) is 30.3 Å². The van der Waals surface area contributed by atoms with Gasteiger partial charge in [0.2, 0.25) is 17.8 Å². The highest BCUT2D eigenvalue weighted by Crippen LogP contribution is 2.38. The molecular weight excluding hydrogens is 723 g/mol. The molecule has 5 aliphatic rings. The number of carbonyl (C=O) groups excluding carboxylic acids is 4. The van der Waals surface area contributed by atoms with Gasteiger partial charge >= 0.3 is 0 Å². The molecule has 4 aliphatic heterocycles. The van der Waals surface area contributed by atoms with Gasteiger partial charge in [-0.15, -0.1) is 0 Å². The molecule has 13 heteroatoms. The summed E-state index contributed by atoms with van der Waals surface area (Å²) in [4.78, 5) is 62.9. The van der Waals surface area contributed by atoms with Crippen LogP contribution in [0.1, 0.15) is 89.9 Å². The Kier molecular flexibility index (Phi) is 9.42. The van der Waals surface area contributed by atoms with Crippen LogP contribution in [0.4, 0.5) is 11.6 Å². The van der Waals surface area contributed by atoms with Crippen LogP contribution in [-0.4, -0.2) is 82.9 Å². The first kappa shape index (κ1) is 36.8. The lowest BCUT2D eigenvalue weighted by atomic mass is 9.78. The summed E-state index contributed by atoms with van der Waals surface area (Å²) in [6.45, 7) is 8.97. The minimum atomic E-state index is -0.985. The number of amides is 4. The molecule has 9 rings (SSSR count). The summed E-state index contributed by atoms with van der Waals surface area (Å²) in [6.07, 6.45) is 6.05. The van der Waals surface area contributed by atoms with E-state index in [1.807, 2.05) is 36.5 Å². The van der Waals surface area contributed by atoms with Crippen molar-refractivity contribution < 1.29 is 28.7 Å². The average Bonchev–Trinajstić information content (AvgIpc) is 3.91. The van der Waals surface area contributed by atoms with Crippen LogP contribution in [0.3, 0.4) is 0 Å². The summed E-state index contributed by atoms with van der Waals surface area (Å²) in [6, 6.07) is 22.7. The lowest BCUT2D eigenvalue weighted by Gasteiger charge is -2.36. The molecule has 0 bridgehead atoms. The number of ether oxygens (including phenoxy) is 2. The molecule has 4 amide bonds. The van der Waals surface area contributed by atoms with Crippen molar-refractivity contribution in [2.45, 2.75) is 82.6 Å². The summed E-state index contributed by atoms with van der Waals surface area (Å²) in [5, 5.41) is 9.19. The molecule has 1 aromatic heterocycles. The summed E-state index contributed by atoms with van der Waals surface area (Å²) in [5.74, 6) is 0.343. The molecule has 1 spiro atoms. The fourth-order valence-corrected chi connectivity index (χ4v) is 8.88. The number of fused-ring (bicyclic) bond motifs is 1. The van der Waals surface area contributed by atoms with Crippen molar-refractivity contribution in [1.82, 2.24) is 25.5 Å². The van der Waals surface area contributed by atoms with Gasteiger partial charge in [-0.2, -0.15) is 0 Å². The van der Waals surface area contributed by atoms with Crippen molar-refractivity contribution in [3.63, 3.8) is 0 Å². The molecule has 3 saturated heterocycles. The second-order valence-corrected chi connectivity index (χ2v) is 16.7. The summed E-state index contributed by atoms with van der Waals surface area (Å²) in [7, 11) is 0. The zero-order valence-electron chi connectivity index (χ0n) is 32.3. The molecule has 57 heavy (non-hydrogen) atoms. The number of aromatic nitrogens is 2. The van der Waals surface area contributed by atoms with Crippen LogP contribution in [0.5, 0.6) is 11.5 Å². The Bertz CT molecular complexity index is 2210. The first-order chi connectivity index (χ1) is 27.5. The molecule has 3 N–H and O–H groups in total. The van der Waals surface area contributed by atoms with Gasteiger partial charge in [0.25, 0.3) is 11.8 Å². The van der Waals surface area contributed by atoms with Gasteiger partial charge in [-0.1, -0.05) is 38.1 Å². The highest BCUT2D eigenvalue weighted by molar-refractivity contribution is 6.23. The van der Waals surface area contributed by atoms with E-state index in [0.29, 0.717) is 12.0 Å². The number of anilines is 2. The van der Waals surface area contributed by atoms with Gasteiger partial charge in [0.15, 0.2) is 0 Å². The normalized spacial score (nSPS) is 24.4. The lowest BCUT2D eigenvalue weighted by Crippen LogP contribution is -2.54. The van der Waals surface area contributed by atoms with E-state index in [0.717, 1.165) is 72.7 Å². The fourth-order valence-electron chi connectivity index (χ4n) is 8.88. The van der Waals surface area contributed by atoms with Gasteiger partial charge in [-0.25, -0.2) is 9.97 Å². The number of hydrogen-bond donors (Lipinski definition) is 3. The predicted octanol–water partition coefficient (Wildman–Crippen LogP) is 4.99. The van der Waals surface area contributed by atoms with Crippen molar-refractivity contribution in [3.05, 3.63) is 107 Å². The first-order valence-electron chi connectivity index (χ1n) is 19.9. The summed E-state index contributed by atoms with van der Waals surface area (Å²) < 4.78 is 12.4. The second-order valence-electron chi connectivity index (χ2n) is 16.7. The molecule has 2 atom stereocenters. The number of carbonyl (C=O) groups is 4. The second kappa shape index (κ2) is 14.6. The van der Waals surface area contributed by atoms with Gasteiger partial charge in [0.05, 0.1) is 16.8 Å². The largest absolute Gasteiger partial charge is 0.490 e. The van der Waals surface area contributed by atoms with E-state index in [4.69, 9.17) is 14.5 Å². The monoisotopic (exact) mass is 769 g/mol. The van der Waals surface area contributed by atoms with Crippen molar-refractivity contribution in [1.29, 1.82) is 0 Å². The number of nitrogens with zero attached hydrogens (tertiary/aromatic N) is 4. The van der Waals surface area contributed by atoms with Gasteiger partial charge < -0.3 is 25.0 Å². The highest BCUT2D eigenvalue weighted by Gasteiger charge is 2.45. The average molecular weight is 770 g/mol. The first-order valence-corrected chi connectivity index (χ1v) is 19.9. The maximum absolute atomic E-state index is 13.2. The maximum atomic E-state index is 13.2. The third-order valence-corrected chi connectivity index (χ3v) is 12.5. The Hall–Kier alpha value is -5.82. The quantitative estimate of drug-likeness (QED) is 0.177. The van der Waals surface area contributed by atoms with Crippen molar-refractivity contribution in [2.24, 2.45) is 5.41 Å². The fraction of sp³-hybridized carbons (Fsp3) is 0.409. The van der Waals surface area contributed by atoms with Crippen LogP contribution < -0.4 is 30.3 Å². The minimum absolute atomic E-state index is 0.0466. The van der Waals surface area contributed by atoms with Crippen LogP contribution in [0.15, 0.2) is 79.0 Å². The molecule has 1 saturated carbocycles. The molecule has 294 valence electrons. The van der Waals surface area contributed by atoms with E-state index < -0.39 is 29.7 Å². The maximum Gasteiger partial charge on any atom is 0.262 e. The lowest BCUT2D eigenvalue weighted by molar-refractivity contribution is -0.136. The van der Waals surface area contributed by atoms with Crippen LogP contribution in [0.2, 0.25) is 0 Å². The zero-order valence-corrected chi connectivity index (χ0v) is 32.3. The molecular formula is C44H47N7O6. The van der Waals surface area contributed by atoms with Crippen LogP contribution in [-0.2, 0) is 21.6 Å². The molecule has 1 aliphatic carbocycles. The standard InChI is InChI=1S/C44H47N7O6/c1-43(2,27-3-8-32(9-4-27)56-24-30-15-18-46-42(48-30)50-20-17-44(26-50)16-19-45-25-44)28-5-10-33(11-6-28)57-34-21-31(22-34)47-29-7-12-35-36(23-29)41(55)51(40(35)54)37-13-14-38(52)49-39(37)53/h3-12,15,18,23,31,34,37,45,47H,13-14,16-17,19-22,24-26H2,1-2H3,(H,49,52,53). The SMILES string of the molecule is CC(C)(c1ccc(OCc2ccnc(N3CCC4(CCNC4)C3)n2)cc1)c1ccc(OC2CC(Nc3ccc4c(c3)C(=O)N(C3CCC(=O)NC3=O)C4=O)C2)cc1. The molecule has 2 unspecified atom stereocenters. The van der Waals surface area contributed by atoms with Gasteiger partial charge in [0, 0.05) is 67.7 Å². The number of benzene rings is 3. The molecule has 4 fully saturated rings. The number of piperidine rings is 1. The van der Waals surface area contributed by atoms with E-state index in [9.17, 15) is 19.2 Å². The van der Waals surface area contributed by atoms with Crippen molar-refractivity contribution in [3.8, 4) is 11.5 Å². The zero-order chi connectivity index (χ0) is 39.3. The van der Waals surface area contributed by atoms with Crippen LogP contribution in [0.25, 0.3) is 0 Å². The van der Waals surface area contributed by atoms with Crippen molar-refractivity contribution in [2.75, 3.05) is 36.4 Å². The van der Waals surface area contributed by atoms with E-state index >= 15 is 0 Å². The Morgan fingerprint density at radius 1 is 0.895 bits per heavy atom. The van der Waals surface area contributed by atoms with Crippen LogP contribution >= 0.6 is 0 Å². The van der Waals surface area contributed by atoms with E-state index in [2.05, 4.69) is 63.9 Å². The Morgan fingerprint density at radius 2 is 1.63 bits per heavy atom. The van der Waals surface area contributed by atoms with Gasteiger partial charge in [-0.3, -0.25) is 29.4 Å². The summed E-state index contributed by atoms with van der Waals surface area (Å²) in [5.41, 5.74) is 4.57. The highest BCUT2D eigenvalue weighted by atomic mass is 16.5. The smallest absolute Gasteiger partial charge is 0.262 e. The van der Waals surface area contributed by atoms with E-state index in [1.165, 1.54) is 24.0 Å². The topological polar surface area (TPSA) is 155 Å². The minimum Gasteiger partial charge on any atom is -0.490 e. The molecule has 3 aromatic carbocycles. The number of rotatable bonds is 11. The number of imide groups is 2. The molecule has 0 radical (unpaired) electrons. The molecule has 4 aromatic rings.